The third-order valence-electron chi connectivity index (χ3n) is 2.88. The highest BCUT2D eigenvalue weighted by molar-refractivity contribution is 7.86. The van der Waals surface area contributed by atoms with E-state index in [2.05, 4.69) is 5.32 Å². The van der Waals surface area contributed by atoms with Crippen LogP contribution in [0.25, 0.3) is 0 Å². The Morgan fingerprint density at radius 2 is 1.95 bits per heavy atom. The number of anilines is 1. The van der Waals surface area contributed by atoms with Gasteiger partial charge in [-0.15, -0.1) is 0 Å². The number of amides is 1. The van der Waals surface area contributed by atoms with Crippen LogP contribution in [0.3, 0.4) is 0 Å². The van der Waals surface area contributed by atoms with Crippen molar-refractivity contribution in [2.24, 2.45) is 0 Å². The maximum Gasteiger partial charge on any atom is 0.251 e. The van der Waals surface area contributed by atoms with Gasteiger partial charge in [0.15, 0.2) is 0 Å². The van der Waals surface area contributed by atoms with Crippen LogP contribution in [0.5, 0.6) is 0 Å². The number of carbonyl (C=O) groups excluding carboxylic acids is 1. The van der Waals surface area contributed by atoms with E-state index < -0.39 is 10.8 Å². The molecule has 0 unspecified atom stereocenters. The minimum atomic E-state index is -0.945. The van der Waals surface area contributed by atoms with Crippen LogP contribution in [-0.2, 0) is 10.8 Å². The second-order valence-corrected chi connectivity index (χ2v) is 8.19. The van der Waals surface area contributed by atoms with Crippen molar-refractivity contribution < 1.29 is 9.00 Å². The Hall–Kier alpha value is -1.36. The van der Waals surface area contributed by atoms with Gasteiger partial charge in [0.25, 0.3) is 5.91 Å². The normalized spacial score (nSPS) is 12.8. The molecule has 20 heavy (non-hydrogen) atoms. The van der Waals surface area contributed by atoms with Gasteiger partial charge in [0.05, 0.1) is 0 Å². The Morgan fingerprint density at radius 3 is 2.50 bits per heavy atom. The van der Waals surface area contributed by atoms with Crippen LogP contribution in [0.2, 0.25) is 0 Å². The van der Waals surface area contributed by atoms with E-state index in [1.54, 1.807) is 6.07 Å². The van der Waals surface area contributed by atoms with Crippen LogP contribution < -0.4 is 10.2 Å². The number of nitrogens with zero attached hydrogens (tertiary/aromatic N) is 1. The number of carbonyl (C=O) groups is 1. The summed E-state index contributed by atoms with van der Waals surface area (Å²) in [5.74, 6) is 0.349. The molecule has 1 aromatic rings. The molecule has 0 aromatic heterocycles. The Kier molecular flexibility index (Phi) is 5.74. The second-order valence-electron chi connectivity index (χ2n) is 5.86. The van der Waals surface area contributed by atoms with Crippen molar-refractivity contribution in [2.75, 3.05) is 31.3 Å². The first kappa shape index (κ1) is 16.7. The maximum atomic E-state index is 12.0. The summed E-state index contributed by atoms with van der Waals surface area (Å²) in [4.78, 5) is 14.0. The first-order valence-corrected chi connectivity index (χ1v) is 7.98. The Morgan fingerprint density at radius 1 is 1.30 bits per heavy atom. The predicted octanol–water partition coefficient (Wildman–Crippen LogP) is 2.03. The number of rotatable bonds is 5. The number of benzene rings is 1. The van der Waals surface area contributed by atoms with Crippen molar-refractivity contribution in [3.8, 4) is 0 Å². The molecule has 0 aliphatic carbocycles. The molecule has 0 saturated heterocycles. The van der Waals surface area contributed by atoms with Crippen LogP contribution in [-0.4, -0.2) is 41.3 Å². The predicted molar refractivity (Wildman–Crippen MR) is 85.9 cm³/mol. The zero-order chi connectivity index (χ0) is 15.3. The third-order valence-corrected chi connectivity index (χ3v) is 4.82. The summed E-state index contributed by atoms with van der Waals surface area (Å²) in [5.41, 5.74) is 1.61. The van der Waals surface area contributed by atoms with Gasteiger partial charge in [0.2, 0.25) is 0 Å². The SMILES string of the molecule is CN(C)c1cccc(C(=O)NCC[S@](=O)C(C)(C)C)c1. The minimum Gasteiger partial charge on any atom is -0.378 e. The van der Waals surface area contributed by atoms with E-state index in [0.717, 1.165) is 5.69 Å². The molecule has 5 heteroatoms. The van der Waals surface area contributed by atoms with Gasteiger partial charge in [-0.2, -0.15) is 0 Å². The molecular formula is C15H24N2O2S. The van der Waals surface area contributed by atoms with E-state index in [1.165, 1.54) is 0 Å². The van der Waals surface area contributed by atoms with Crippen molar-refractivity contribution in [2.45, 2.75) is 25.5 Å². The summed E-state index contributed by atoms with van der Waals surface area (Å²) >= 11 is 0. The standard InChI is InChI=1S/C15H24N2O2S/c1-15(2,3)20(19)10-9-16-14(18)12-7-6-8-13(11-12)17(4)5/h6-8,11H,9-10H2,1-5H3,(H,16,18)/t20-/m0/s1. The first-order chi connectivity index (χ1) is 9.21. The lowest BCUT2D eigenvalue weighted by atomic mass is 10.2. The molecule has 112 valence electrons. The van der Waals surface area contributed by atoms with Crippen molar-refractivity contribution in [1.29, 1.82) is 0 Å². The molecule has 1 aromatic carbocycles. The lowest BCUT2D eigenvalue weighted by Crippen LogP contribution is -2.32. The largest absolute Gasteiger partial charge is 0.378 e. The van der Waals surface area contributed by atoms with Gasteiger partial charge in [-0.05, 0) is 39.0 Å². The van der Waals surface area contributed by atoms with E-state index in [9.17, 15) is 9.00 Å². The van der Waals surface area contributed by atoms with E-state index in [1.807, 2.05) is 58.0 Å². The molecule has 1 N–H and O–H groups in total. The summed E-state index contributed by atoms with van der Waals surface area (Å²) in [6, 6.07) is 7.43. The van der Waals surface area contributed by atoms with Crippen molar-refractivity contribution in [3.05, 3.63) is 29.8 Å². The smallest absolute Gasteiger partial charge is 0.251 e. The third kappa shape index (κ3) is 4.96. The van der Waals surface area contributed by atoms with Gasteiger partial charge < -0.3 is 10.2 Å². The fourth-order valence-electron chi connectivity index (χ4n) is 1.59. The molecule has 0 radical (unpaired) electrons. The molecule has 0 bridgehead atoms. The van der Waals surface area contributed by atoms with Gasteiger partial charge >= 0.3 is 0 Å². The highest BCUT2D eigenvalue weighted by Gasteiger charge is 2.19. The molecule has 0 aliphatic heterocycles. The van der Waals surface area contributed by atoms with Gasteiger partial charge in [-0.25, -0.2) is 0 Å². The average molecular weight is 296 g/mol. The average Bonchev–Trinajstić information content (AvgIpc) is 2.37. The molecule has 0 spiro atoms. The number of nitrogens with one attached hydrogen (secondary N) is 1. The summed E-state index contributed by atoms with van der Waals surface area (Å²) in [7, 11) is 2.92. The molecule has 0 saturated carbocycles. The molecule has 4 nitrogen and oxygen atoms in total. The molecule has 0 heterocycles. The van der Waals surface area contributed by atoms with Gasteiger partial charge in [0, 0.05) is 53.2 Å². The van der Waals surface area contributed by atoms with E-state index in [4.69, 9.17) is 0 Å². The van der Waals surface area contributed by atoms with Crippen LogP contribution in [0, 0.1) is 0 Å². The maximum absolute atomic E-state index is 12.0. The summed E-state index contributed by atoms with van der Waals surface area (Å²) in [6.45, 7) is 6.23. The minimum absolute atomic E-state index is 0.125. The Balaban J connectivity index is 2.56. The fraction of sp³-hybridized carbons (Fsp3) is 0.533. The molecule has 1 amide bonds. The molecule has 0 aliphatic rings. The second kappa shape index (κ2) is 6.88. The van der Waals surface area contributed by atoms with E-state index >= 15 is 0 Å². The fourth-order valence-corrected chi connectivity index (χ4v) is 2.49. The van der Waals surface area contributed by atoms with Crippen LogP contribution in [0.1, 0.15) is 31.1 Å². The number of hydrogen-bond donors (Lipinski definition) is 1. The van der Waals surface area contributed by atoms with Crippen molar-refractivity contribution >= 4 is 22.4 Å². The zero-order valence-electron chi connectivity index (χ0n) is 12.9. The van der Waals surface area contributed by atoms with Gasteiger partial charge in [-0.3, -0.25) is 9.00 Å². The molecular weight excluding hydrogens is 272 g/mol. The van der Waals surface area contributed by atoms with Crippen molar-refractivity contribution in [3.63, 3.8) is 0 Å². The van der Waals surface area contributed by atoms with Gasteiger partial charge in [-0.1, -0.05) is 6.07 Å². The lowest BCUT2D eigenvalue weighted by Gasteiger charge is -2.18. The quantitative estimate of drug-likeness (QED) is 0.904. The topological polar surface area (TPSA) is 49.4 Å². The van der Waals surface area contributed by atoms with E-state index in [-0.39, 0.29) is 10.7 Å². The van der Waals surface area contributed by atoms with Crippen LogP contribution in [0.15, 0.2) is 24.3 Å². The van der Waals surface area contributed by atoms with Gasteiger partial charge in [0.1, 0.15) is 0 Å². The highest BCUT2D eigenvalue weighted by Crippen LogP contribution is 2.13. The van der Waals surface area contributed by atoms with E-state index in [0.29, 0.717) is 17.9 Å². The Labute approximate surface area is 124 Å². The molecule has 1 atom stereocenters. The van der Waals surface area contributed by atoms with Crippen molar-refractivity contribution in [1.82, 2.24) is 5.32 Å². The zero-order valence-corrected chi connectivity index (χ0v) is 13.7. The molecule has 0 fully saturated rings. The Bertz CT molecular complexity index is 493. The monoisotopic (exact) mass is 296 g/mol. The molecule has 1 rings (SSSR count). The summed E-state index contributed by atoms with van der Waals surface area (Å²) in [5, 5.41) is 2.82. The van der Waals surface area contributed by atoms with Crippen LogP contribution >= 0.6 is 0 Å². The first-order valence-electron chi connectivity index (χ1n) is 6.66. The summed E-state index contributed by atoms with van der Waals surface area (Å²) < 4.78 is 11.6. The van der Waals surface area contributed by atoms with Crippen LogP contribution in [0.4, 0.5) is 5.69 Å². The summed E-state index contributed by atoms with van der Waals surface area (Å²) in [6.07, 6.45) is 0. The lowest BCUT2D eigenvalue weighted by molar-refractivity contribution is 0.0956. The highest BCUT2D eigenvalue weighted by atomic mass is 32.2. The number of hydrogen-bond acceptors (Lipinski definition) is 3.